The number of halogens is 5. The average molecular weight is 336 g/mol. The molecule has 21 heavy (non-hydrogen) atoms. The van der Waals surface area contributed by atoms with Crippen molar-refractivity contribution in [2.24, 2.45) is 0 Å². The third-order valence-electron chi connectivity index (χ3n) is 2.60. The largest absolute Gasteiger partial charge is 0.416 e. The van der Waals surface area contributed by atoms with Crippen molar-refractivity contribution in [3.63, 3.8) is 0 Å². The SMILES string of the molecule is CNc1cc(C(F)(F)F)cc(Nc2ccc(Cl)cc2Cl)n1. The van der Waals surface area contributed by atoms with Crippen LogP contribution in [0.4, 0.5) is 30.5 Å². The van der Waals surface area contributed by atoms with Crippen molar-refractivity contribution in [3.05, 3.63) is 45.9 Å². The van der Waals surface area contributed by atoms with Crippen molar-refractivity contribution in [2.45, 2.75) is 6.18 Å². The monoisotopic (exact) mass is 335 g/mol. The quantitative estimate of drug-likeness (QED) is 0.810. The zero-order valence-corrected chi connectivity index (χ0v) is 12.2. The van der Waals surface area contributed by atoms with Gasteiger partial charge in [0.25, 0.3) is 0 Å². The van der Waals surface area contributed by atoms with Crippen LogP contribution in [0.15, 0.2) is 30.3 Å². The van der Waals surface area contributed by atoms with E-state index in [0.29, 0.717) is 10.7 Å². The Kier molecular flexibility index (Phi) is 4.49. The summed E-state index contributed by atoms with van der Waals surface area (Å²) >= 11 is 11.7. The van der Waals surface area contributed by atoms with Crippen LogP contribution in [-0.2, 0) is 6.18 Å². The predicted octanol–water partition coefficient (Wildman–Crippen LogP) is 5.19. The van der Waals surface area contributed by atoms with E-state index >= 15 is 0 Å². The predicted molar refractivity (Wildman–Crippen MR) is 78.5 cm³/mol. The van der Waals surface area contributed by atoms with Gasteiger partial charge in [0.15, 0.2) is 0 Å². The molecule has 2 N–H and O–H groups in total. The summed E-state index contributed by atoms with van der Waals surface area (Å²) in [5.74, 6) is 0.121. The molecule has 0 aliphatic carbocycles. The lowest BCUT2D eigenvalue weighted by Crippen LogP contribution is -2.08. The van der Waals surface area contributed by atoms with E-state index in [1.807, 2.05) is 0 Å². The highest BCUT2D eigenvalue weighted by atomic mass is 35.5. The maximum atomic E-state index is 12.8. The van der Waals surface area contributed by atoms with Gasteiger partial charge in [0.2, 0.25) is 0 Å². The molecule has 1 heterocycles. The minimum atomic E-state index is -4.46. The molecule has 112 valence electrons. The minimum Gasteiger partial charge on any atom is -0.373 e. The van der Waals surface area contributed by atoms with Crippen LogP contribution in [0.1, 0.15) is 5.56 Å². The molecule has 0 spiro atoms. The second-order valence-corrected chi connectivity index (χ2v) is 4.97. The van der Waals surface area contributed by atoms with Crippen molar-refractivity contribution in [1.29, 1.82) is 0 Å². The third kappa shape index (κ3) is 3.92. The Hall–Kier alpha value is -1.66. The number of rotatable bonds is 3. The van der Waals surface area contributed by atoms with Crippen LogP contribution in [0.5, 0.6) is 0 Å². The number of hydrogen-bond donors (Lipinski definition) is 2. The van der Waals surface area contributed by atoms with Crippen molar-refractivity contribution >= 4 is 40.5 Å². The summed E-state index contributed by atoms with van der Waals surface area (Å²) in [7, 11) is 1.49. The van der Waals surface area contributed by atoms with E-state index in [1.54, 1.807) is 12.1 Å². The van der Waals surface area contributed by atoms with Gasteiger partial charge in [0.05, 0.1) is 16.3 Å². The Morgan fingerprint density at radius 3 is 2.29 bits per heavy atom. The molecule has 0 radical (unpaired) electrons. The summed E-state index contributed by atoms with van der Waals surface area (Å²) in [5.41, 5.74) is -0.399. The molecular formula is C13H10Cl2F3N3. The summed E-state index contributed by atoms with van der Waals surface area (Å²) in [6.45, 7) is 0. The van der Waals surface area contributed by atoms with Gasteiger partial charge in [-0.3, -0.25) is 0 Å². The normalized spacial score (nSPS) is 11.3. The van der Waals surface area contributed by atoms with Crippen molar-refractivity contribution in [1.82, 2.24) is 4.98 Å². The summed E-state index contributed by atoms with van der Waals surface area (Å²) in [5, 5.41) is 6.04. The molecule has 0 saturated carbocycles. The average Bonchev–Trinajstić information content (AvgIpc) is 2.40. The molecule has 0 amide bonds. The fraction of sp³-hybridized carbons (Fsp3) is 0.154. The van der Waals surface area contributed by atoms with E-state index < -0.39 is 11.7 Å². The first kappa shape index (κ1) is 15.7. The number of pyridine rings is 1. The number of anilines is 3. The fourth-order valence-corrected chi connectivity index (χ4v) is 2.07. The maximum Gasteiger partial charge on any atom is 0.416 e. The van der Waals surface area contributed by atoms with E-state index in [9.17, 15) is 13.2 Å². The van der Waals surface area contributed by atoms with E-state index in [-0.39, 0.29) is 16.7 Å². The molecule has 2 rings (SSSR count). The molecule has 0 aliphatic heterocycles. The molecule has 0 unspecified atom stereocenters. The van der Waals surface area contributed by atoms with Crippen LogP contribution in [-0.4, -0.2) is 12.0 Å². The van der Waals surface area contributed by atoms with Crippen molar-refractivity contribution < 1.29 is 13.2 Å². The lowest BCUT2D eigenvalue weighted by Gasteiger charge is -2.13. The van der Waals surface area contributed by atoms with Crippen LogP contribution in [0.2, 0.25) is 10.0 Å². The van der Waals surface area contributed by atoms with Crippen LogP contribution in [0.3, 0.4) is 0 Å². The molecule has 0 atom stereocenters. The molecule has 0 fully saturated rings. The highest BCUT2D eigenvalue weighted by Crippen LogP contribution is 2.34. The highest BCUT2D eigenvalue weighted by molar-refractivity contribution is 6.36. The number of hydrogen-bond acceptors (Lipinski definition) is 3. The first-order valence-electron chi connectivity index (χ1n) is 5.78. The van der Waals surface area contributed by atoms with Crippen LogP contribution < -0.4 is 10.6 Å². The maximum absolute atomic E-state index is 12.8. The van der Waals surface area contributed by atoms with Gasteiger partial charge >= 0.3 is 6.18 Å². The zero-order chi connectivity index (χ0) is 15.6. The Morgan fingerprint density at radius 1 is 1.05 bits per heavy atom. The third-order valence-corrected chi connectivity index (χ3v) is 3.15. The van der Waals surface area contributed by atoms with Crippen molar-refractivity contribution in [2.75, 3.05) is 17.7 Å². The van der Waals surface area contributed by atoms with Gasteiger partial charge in [-0.25, -0.2) is 4.98 Å². The topological polar surface area (TPSA) is 37.0 Å². The van der Waals surface area contributed by atoms with Gasteiger partial charge in [-0.05, 0) is 30.3 Å². The number of nitrogens with zero attached hydrogens (tertiary/aromatic N) is 1. The molecule has 2 aromatic rings. The lowest BCUT2D eigenvalue weighted by molar-refractivity contribution is -0.137. The van der Waals surface area contributed by atoms with Gasteiger partial charge in [0.1, 0.15) is 11.6 Å². The summed E-state index contributed by atoms with van der Waals surface area (Å²) < 4.78 is 38.5. The van der Waals surface area contributed by atoms with Gasteiger partial charge in [0, 0.05) is 12.1 Å². The molecule has 1 aromatic heterocycles. The van der Waals surface area contributed by atoms with Crippen molar-refractivity contribution in [3.8, 4) is 0 Å². The Bertz CT molecular complexity index is 660. The Labute approximate surface area is 129 Å². The van der Waals surface area contributed by atoms with E-state index in [1.165, 1.54) is 13.1 Å². The smallest absolute Gasteiger partial charge is 0.373 e. The Morgan fingerprint density at radius 2 is 1.71 bits per heavy atom. The van der Waals surface area contributed by atoms with Gasteiger partial charge < -0.3 is 10.6 Å². The lowest BCUT2D eigenvalue weighted by atomic mass is 10.2. The first-order chi connectivity index (χ1) is 9.79. The number of aromatic nitrogens is 1. The van der Waals surface area contributed by atoms with Crippen LogP contribution >= 0.6 is 23.2 Å². The number of benzene rings is 1. The second-order valence-electron chi connectivity index (χ2n) is 4.12. The number of nitrogens with one attached hydrogen (secondary N) is 2. The standard InChI is InChI=1S/C13H10Cl2F3N3/c1-19-11-4-7(13(16,17)18)5-12(21-11)20-10-3-2-8(14)6-9(10)15/h2-6H,1H3,(H2,19,20,21). The molecule has 3 nitrogen and oxygen atoms in total. The second kappa shape index (κ2) is 5.99. The van der Waals surface area contributed by atoms with Gasteiger partial charge in [-0.15, -0.1) is 0 Å². The molecule has 0 bridgehead atoms. The zero-order valence-electron chi connectivity index (χ0n) is 10.7. The van der Waals surface area contributed by atoms with Crippen LogP contribution in [0, 0.1) is 0 Å². The molecule has 0 saturated heterocycles. The highest BCUT2D eigenvalue weighted by Gasteiger charge is 2.31. The summed E-state index contributed by atoms with van der Waals surface area (Å²) in [4.78, 5) is 4.01. The number of alkyl halides is 3. The van der Waals surface area contributed by atoms with Crippen LogP contribution in [0.25, 0.3) is 0 Å². The molecule has 1 aromatic carbocycles. The van der Waals surface area contributed by atoms with Gasteiger partial charge in [-0.2, -0.15) is 13.2 Å². The van der Waals surface area contributed by atoms with E-state index in [4.69, 9.17) is 23.2 Å². The molecular weight excluding hydrogens is 326 g/mol. The molecule has 0 aliphatic rings. The Balaban J connectivity index is 2.39. The fourth-order valence-electron chi connectivity index (χ4n) is 1.62. The molecule has 8 heteroatoms. The summed E-state index contributed by atoms with van der Waals surface area (Å²) in [6.07, 6.45) is -4.46. The van der Waals surface area contributed by atoms with E-state index in [2.05, 4.69) is 15.6 Å². The van der Waals surface area contributed by atoms with Gasteiger partial charge in [-0.1, -0.05) is 23.2 Å². The van der Waals surface area contributed by atoms with E-state index in [0.717, 1.165) is 12.1 Å². The minimum absolute atomic E-state index is 0.0263. The summed E-state index contributed by atoms with van der Waals surface area (Å²) in [6, 6.07) is 6.45. The first-order valence-corrected chi connectivity index (χ1v) is 6.54.